The maximum atomic E-state index is 12.9. The van der Waals surface area contributed by atoms with Gasteiger partial charge in [0.15, 0.2) is 6.10 Å². The van der Waals surface area contributed by atoms with Crippen LogP contribution < -0.4 is 0 Å². The van der Waals surface area contributed by atoms with Crippen LogP contribution in [0.3, 0.4) is 0 Å². The summed E-state index contributed by atoms with van der Waals surface area (Å²) in [6, 6.07) is 0. The molecule has 0 spiro atoms. The van der Waals surface area contributed by atoms with E-state index in [-0.39, 0.29) is 37.5 Å². The molecular weight excluding hydrogens is 913 g/mol. The number of hydrogen-bond donors (Lipinski definition) is 0. The summed E-state index contributed by atoms with van der Waals surface area (Å²) in [7, 11) is 0. The van der Waals surface area contributed by atoms with Crippen LogP contribution >= 0.6 is 0 Å². The third-order valence-corrected chi connectivity index (χ3v) is 13.6. The van der Waals surface area contributed by atoms with Gasteiger partial charge < -0.3 is 14.2 Å². The zero-order valence-electron chi connectivity index (χ0n) is 48.8. The van der Waals surface area contributed by atoms with E-state index < -0.39 is 6.10 Å². The smallest absolute Gasteiger partial charge is 0.306 e. The molecule has 0 aromatic rings. The molecule has 0 aliphatic rings. The standard InChI is InChI=1S/C68H118O6/c1-4-7-10-13-16-19-22-25-27-28-29-30-31-32-33-34-35-36-37-38-39-40-41-44-46-49-52-55-58-61-67(70)73-64-65(63-72-66(69)60-57-54-51-48-45-42-24-21-18-15-12-9-6-3)74-68(71)62-59-56-53-50-47-43-26-23-20-17-14-11-8-5-2/h9,12,18,21-22,25,28-29,31-32,42,45,51,54,65H,4-8,10-11,13-17,19-20,23-24,26-27,30,33-41,43-44,46-50,52-53,55-64H2,1-3H3/b12-9-,21-18-,25-22-,29-28-,32-31-,45-42-,54-51-. The highest BCUT2D eigenvalue weighted by Gasteiger charge is 2.19. The van der Waals surface area contributed by atoms with E-state index in [2.05, 4.69) is 99.8 Å². The van der Waals surface area contributed by atoms with Gasteiger partial charge in [0.2, 0.25) is 0 Å². The molecule has 6 nitrogen and oxygen atoms in total. The first-order valence-electron chi connectivity index (χ1n) is 31.6. The van der Waals surface area contributed by atoms with Crippen LogP contribution in [0.4, 0.5) is 0 Å². The van der Waals surface area contributed by atoms with Crippen LogP contribution in [0, 0.1) is 0 Å². The topological polar surface area (TPSA) is 78.9 Å². The number of carbonyl (C=O) groups is 3. The number of unbranched alkanes of at least 4 members (excludes halogenated alkanes) is 32. The normalized spacial score (nSPS) is 12.6. The van der Waals surface area contributed by atoms with Crippen molar-refractivity contribution < 1.29 is 28.6 Å². The summed E-state index contributed by atoms with van der Waals surface area (Å²) in [5.74, 6) is -0.971. The lowest BCUT2D eigenvalue weighted by Crippen LogP contribution is -2.30. The summed E-state index contributed by atoms with van der Waals surface area (Å²) >= 11 is 0. The highest BCUT2D eigenvalue weighted by Crippen LogP contribution is 2.17. The Morgan fingerprint density at radius 2 is 0.554 bits per heavy atom. The second kappa shape index (κ2) is 62.1. The van der Waals surface area contributed by atoms with E-state index in [1.807, 2.05) is 6.08 Å². The Morgan fingerprint density at radius 1 is 0.284 bits per heavy atom. The van der Waals surface area contributed by atoms with Gasteiger partial charge in [0.25, 0.3) is 0 Å². The van der Waals surface area contributed by atoms with E-state index in [0.29, 0.717) is 19.3 Å². The monoisotopic (exact) mass is 1030 g/mol. The van der Waals surface area contributed by atoms with E-state index in [1.165, 1.54) is 186 Å². The maximum Gasteiger partial charge on any atom is 0.306 e. The van der Waals surface area contributed by atoms with Crippen LogP contribution in [0.2, 0.25) is 0 Å². The molecule has 0 radical (unpaired) electrons. The molecule has 0 saturated heterocycles. The van der Waals surface area contributed by atoms with Gasteiger partial charge in [-0.25, -0.2) is 0 Å². The van der Waals surface area contributed by atoms with Crippen LogP contribution in [-0.4, -0.2) is 37.2 Å². The molecule has 426 valence electrons. The van der Waals surface area contributed by atoms with Crippen LogP contribution in [-0.2, 0) is 28.6 Å². The fourth-order valence-electron chi connectivity index (χ4n) is 8.94. The lowest BCUT2D eigenvalue weighted by atomic mass is 10.0. The van der Waals surface area contributed by atoms with E-state index >= 15 is 0 Å². The first-order valence-corrected chi connectivity index (χ1v) is 31.6. The number of esters is 3. The van der Waals surface area contributed by atoms with Crippen molar-refractivity contribution in [2.75, 3.05) is 13.2 Å². The van der Waals surface area contributed by atoms with Gasteiger partial charge in [-0.3, -0.25) is 14.4 Å². The van der Waals surface area contributed by atoms with Gasteiger partial charge in [-0.2, -0.15) is 0 Å². The molecule has 0 aliphatic carbocycles. The third kappa shape index (κ3) is 59.5. The van der Waals surface area contributed by atoms with Crippen molar-refractivity contribution in [2.45, 2.75) is 316 Å². The summed E-state index contributed by atoms with van der Waals surface area (Å²) in [6.07, 6.45) is 81.9. The van der Waals surface area contributed by atoms with Crippen molar-refractivity contribution in [3.8, 4) is 0 Å². The number of ether oxygens (including phenoxy) is 3. The van der Waals surface area contributed by atoms with Gasteiger partial charge in [0, 0.05) is 19.3 Å². The Balaban J connectivity index is 4.24. The SMILES string of the molecule is CC/C=C\C/C=C\C/C=C\C/C=C\CCC(=O)OCC(COC(=O)CCCCCCCCCCCCCCCC/C=C\C/C=C\C/C=C\CCCCCCC)OC(=O)CCCCCCCCCCCCCCCC. The van der Waals surface area contributed by atoms with Crippen LogP contribution in [0.25, 0.3) is 0 Å². The zero-order valence-corrected chi connectivity index (χ0v) is 48.8. The minimum Gasteiger partial charge on any atom is -0.462 e. The van der Waals surface area contributed by atoms with Crippen LogP contribution in [0.5, 0.6) is 0 Å². The number of carbonyl (C=O) groups excluding carboxylic acids is 3. The molecule has 1 unspecified atom stereocenters. The lowest BCUT2D eigenvalue weighted by molar-refractivity contribution is -0.166. The van der Waals surface area contributed by atoms with Crippen molar-refractivity contribution in [3.63, 3.8) is 0 Å². The fraction of sp³-hybridized carbons (Fsp3) is 0.750. The molecule has 74 heavy (non-hydrogen) atoms. The minimum atomic E-state index is -0.803. The molecule has 1 atom stereocenters. The van der Waals surface area contributed by atoms with E-state index in [1.54, 1.807) is 0 Å². The molecule has 0 bridgehead atoms. The average Bonchev–Trinajstić information content (AvgIpc) is 3.40. The van der Waals surface area contributed by atoms with E-state index in [9.17, 15) is 14.4 Å². The molecule has 0 aromatic heterocycles. The second-order valence-corrected chi connectivity index (χ2v) is 20.9. The van der Waals surface area contributed by atoms with Crippen LogP contribution in [0.15, 0.2) is 85.1 Å². The quantitative estimate of drug-likeness (QED) is 0.0261. The van der Waals surface area contributed by atoms with Gasteiger partial charge in [-0.05, 0) is 83.5 Å². The molecule has 0 saturated carbocycles. The van der Waals surface area contributed by atoms with Crippen molar-refractivity contribution >= 4 is 17.9 Å². The first kappa shape index (κ1) is 70.6. The number of hydrogen-bond acceptors (Lipinski definition) is 6. The molecule has 0 fully saturated rings. The summed E-state index contributed by atoms with van der Waals surface area (Å²) in [5, 5.41) is 0. The summed E-state index contributed by atoms with van der Waals surface area (Å²) < 4.78 is 16.8. The lowest BCUT2D eigenvalue weighted by Gasteiger charge is -2.18. The average molecular weight is 1030 g/mol. The molecule has 0 amide bonds. The molecule has 0 heterocycles. The summed E-state index contributed by atoms with van der Waals surface area (Å²) in [5.41, 5.74) is 0. The summed E-state index contributed by atoms with van der Waals surface area (Å²) in [6.45, 7) is 6.47. The van der Waals surface area contributed by atoms with E-state index in [4.69, 9.17) is 14.2 Å². The van der Waals surface area contributed by atoms with Crippen molar-refractivity contribution in [2.24, 2.45) is 0 Å². The Hall–Kier alpha value is -3.41. The predicted octanol–water partition coefficient (Wildman–Crippen LogP) is 21.5. The molecule has 0 aromatic carbocycles. The van der Waals surface area contributed by atoms with Crippen molar-refractivity contribution in [1.29, 1.82) is 0 Å². The molecule has 0 rings (SSSR count). The van der Waals surface area contributed by atoms with Crippen molar-refractivity contribution in [1.82, 2.24) is 0 Å². The van der Waals surface area contributed by atoms with Crippen molar-refractivity contribution in [3.05, 3.63) is 85.1 Å². The number of allylic oxidation sites excluding steroid dienone is 14. The van der Waals surface area contributed by atoms with Crippen LogP contribution in [0.1, 0.15) is 310 Å². The number of rotatable bonds is 57. The highest BCUT2D eigenvalue weighted by atomic mass is 16.6. The van der Waals surface area contributed by atoms with Gasteiger partial charge in [-0.15, -0.1) is 0 Å². The van der Waals surface area contributed by atoms with E-state index in [0.717, 1.165) is 77.0 Å². The molecule has 6 heteroatoms. The first-order chi connectivity index (χ1) is 36.5. The second-order valence-electron chi connectivity index (χ2n) is 20.9. The Morgan fingerprint density at radius 3 is 0.905 bits per heavy atom. The van der Waals surface area contributed by atoms with Gasteiger partial charge in [0.1, 0.15) is 13.2 Å². The summed E-state index contributed by atoms with van der Waals surface area (Å²) in [4.78, 5) is 38.2. The Labute approximate surface area is 458 Å². The highest BCUT2D eigenvalue weighted by molar-refractivity contribution is 5.71. The molecular formula is C68H118O6. The minimum absolute atomic E-state index is 0.0959. The predicted molar refractivity (Wildman–Crippen MR) is 321 cm³/mol. The Bertz CT molecular complexity index is 1420. The largest absolute Gasteiger partial charge is 0.462 e. The van der Waals surface area contributed by atoms with Gasteiger partial charge in [0.05, 0.1) is 0 Å². The fourth-order valence-corrected chi connectivity index (χ4v) is 8.94. The Kier molecular flexibility index (Phi) is 59.3. The molecule has 0 N–H and O–H groups in total. The maximum absolute atomic E-state index is 12.9. The van der Waals surface area contributed by atoms with Gasteiger partial charge in [-0.1, -0.05) is 292 Å². The third-order valence-electron chi connectivity index (χ3n) is 13.6. The zero-order chi connectivity index (χ0) is 53.6. The molecule has 0 aliphatic heterocycles. The van der Waals surface area contributed by atoms with Gasteiger partial charge >= 0.3 is 17.9 Å².